The summed E-state index contributed by atoms with van der Waals surface area (Å²) in [5, 5.41) is 2.31. The van der Waals surface area contributed by atoms with Gasteiger partial charge in [0.05, 0.1) is 10.5 Å². The lowest BCUT2D eigenvalue weighted by atomic mass is 10.2. The predicted molar refractivity (Wildman–Crippen MR) is 91.1 cm³/mol. The normalized spacial score (nSPS) is 12.0. The second kappa shape index (κ2) is 7.88. The molecule has 2 N–H and O–H groups in total. The Kier molecular flexibility index (Phi) is 6.04. The second-order valence-electron chi connectivity index (χ2n) is 5.59. The largest absolute Gasteiger partial charge is 0.416 e. The van der Waals surface area contributed by atoms with Crippen molar-refractivity contribution in [2.75, 3.05) is 11.9 Å². The lowest BCUT2D eigenvalue weighted by molar-refractivity contribution is -0.137. The van der Waals surface area contributed by atoms with Crippen LogP contribution in [0.25, 0.3) is 0 Å². The van der Waals surface area contributed by atoms with Gasteiger partial charge in [0.15, 0.2) is 0 Å². The van der Waals surface area contributed by atoms with E-state index in [0.717, 1.165) is 17.7 Å². The molecule has 0 heterocycles. The van der Waals surface area contributed by atoms with E-state index in [-0.39, 0.29) is 23.5 Å². The summed E-state index contributed by atoms with van der Waals surface area (Å²) >= 11 is 0. The first-order valence-corrected chi connectivity index (χ1v) is 9.10. The highest BCUT2D eigenvalue weighted by molar-refractivity contribution is 7.89. The Morgan fingerprint density at radius 1 is 1.08 bits per heavy atom. The van der Waals surface area contributed by atoms with E-state index in [2.05, 4.69) is 10.0 Å². The predicted octanol–water partition coefficient (Wildman–Crippen LogP) is 3.32. The van der Waals surface area contributed by atoms with Crippen molar-refractivity contribution in [1.82, 2.24) is 4.72 Å². The number of alkyl halides is 3. The average molecular weight is 386 g/mol. The molecule has 0 aliphatic rings. The summed E-state index contributed by atoms with van der Waals surface area (Å²) in [5.74, 6) is -0.601. The second-order valence-corrected chi connectivity index (χ2v) is 7.35. The molecule has 0 radical (unpaired) electrons. The summed E-state index contributed by atoms with van der Waals surface area (Å²) in [5.41, 5.74) is 0.0194. The van der Waals surface area contributed by atoms with E-state index in [1.165, 1.54) is 24.3 Å². The van der Waals surface area contributed by atoms with Crippen LogP contribution in [0.1, 0.15) is 17.5 Å². The molecule has 140 valence electrons. The van der Waals surface area contributed by atoms with Gasteiger partial charge in [-0.3, -0.25) is 4.79 Å². The van der Waals surface area contributed by atoms with E-state index in [1.807, 2.05) is 6.92 Å². The van der Waals surface area contributed by atoms with E-state index in [4.69, 9.17) is 0 Å². The van der Waals surface area contributed by atoms with Crippen molar-refractivity contribution >= 4 is 21.6 Å². The van der Waals surface area contributed by atoms with Crippen molar-refractivity contribution in [2.45, 2.75) is 24.4 Å². The quantitative estimate of drug-likeness (QED) is 0.800. The van der Waals surface area contributed by atoms with E-state index >= 15 is 0 Å². The van der Waals surface area contributed by atoms with Gasteiger partial charge in [0.1, 0.15) is 0 Å². The summed E-state index contributed by atoms with van der Waals surface area (Å²) < 4.78 is 64.3. The number of nitrogens with one attached hydrogen (secondary N) is 2. The number of hydrogen-bond donors (Lipinski definition) is 2. The summed E-state index contributed by atoms with van der Waals surface area (Å²) in [7, 11) is -3.75. The summed E-state index contributed by atoms with van der Waals surface area (Å²) in [6, 6.07) is 10.4. The molecule has 5 nitrogen and oxygen atoms in total. The minimum Gasteiger partial charge on any atom is -0.326 e. The monoisotopic (exact) mass is 386 g/mol. The lowest BCUT2D eigenvalue weighted by Crippen LogP contribution is -2.27. The topological polar surface area (TPSA) is 75.3 Å². The highest BCUT2D eigenvalue weighted by Crippen LogP contribution is 2.30. The van der Waals surface area contributed by atoms with Gasteiger partial charge in [-0.2, -0.15) is 13.2 Å². The molecule has 2 rings (SSSR count). The van der Waals surface area contributed by atoms with Crippen LogP contribution in [0.5, 0.6) is 0 Å². The van der Waals surface area contributed by atoms with Gasteiger partial charge in [-0.1, -0.05) is 23.8 Å². The van der Waals surface area contributed by atoms with Gasteiger partial charge in [-0.15, -0.1) is 0 Å². The molecule has 2 aromatic rings. The SMILES string of the molecule is Cc1ccc(S(=O)(=O)NCCC(=O)Nc2cccc(C(F)(F)F)c2)cc1. The molecule has 0 atom stereocenters. The number of sulfonamides is 1. The number of amides is 1. The molecule has 2 aromatic carbocycles. The standard InChI is InChI=1S/C17H17F3N2O3S/c1-12-5-7-15(8-6-12)26(24,25)21-10-9-16(23)22-14-4-2-3-13(11-14)17(18,19)20/h2-8,11,21H,9-10H2,1H3,(H,22,23). The Bertz CT molecular complexity index is 879. The third-order valence-corrected chi connectivity index (χ3v) is 4.93. The van der Waals surface area contributed by atoms with E-state index < -0.39 is 27.7 Å². The van der Waals surface area contributed by atoms with Crippen LogP contribution >= 0.6 is 0 Å². The molecule has 0 bridgehead atoms. The first-order valence-electron chi connectivity index (χ1n) is 7.61. The summed E-state index contributed by atoms with van der Waals surface area (Å²) in [6.07, 6.45) is -4.73. The molecule has 0 fully saturated rings. The maximum absolute atomic E-state index is 12.6. The molecular weight excluding hydrogens is 369 g/mol. The summed E-state index contributed by atoms with van der Waals surface area (Å²) in [6.45, 7) is 1.64. The Balaban J connectivity index is 1.90. The average Bonchev–Trinajstić information content (AvgIpc) is 2.54. The molecule has 0 unspecified atom stereocenters. The Morgan fingerprint density at radius 3 is 2.35 bits per heavy atom. The van der Waals surface area contributed by atoms with Gasteiger partial charge in [0.2, 0.25) is 15.9 Å². The molecular formula is C17H17F3N2O3S. The maximum Gasteiger partial charge on any atom is 0.416 e. The van der Waals surface area contributed by atoms with Crippen LogP contribution in [-0.4, -0.2) is 20.9 Å². The zero-order chi connectivity index (χ0) is 19.4. The third-order valence-electron chi connectivity index (χ3n) is 3.45. The lowest BCUT2D eigenvalue weighted by Gasteiger charge is -2.10. The smallest absolute Gasteiger partial charge is 0.326 e. The van der Waals surface area contributed by atoms with Crippen molar-refractivity contribution < 1.29 is 26.4 Å². The molecule has 0 aliphatic heterocycles. The van der Waals surface area contributed by atoms with Gasteiger partial charge in [0.25, 0.3) is 0 Å². The highest BCUT2D eigenvalue weighted by Gasteiger charge is 2.30. The van der Waals surface area contributed by atoms with Crippen molar-refractivity contribution in [1.29, 1.82) is 0 Å². The van der Waals surface area contributed by atoms with Crippen LogP contribution in [0.15, 0.2) is 53.4 Å². The number of rotatable bonds is 6. The zero-order valence-electron chi connectivity index (χ0n) is 13.8. The van der Waals surface area contributed by atoms with Gasteiger partial charge in [-0.25, -0.2) is 13.1 Å². The molecule has 0 saturated heterocycles. The molecule has 0 spiro atoms. The highest BCUT2D eigenvalue weighted by atomic mass is 32.2. The van der Waals surface area contributed by atoms with E-state index in [0.29, 0.717) is 0 Å². The fourth-order valence-electron chi connectivity index (χ4n) is 2.10. The summed E-state index contributed by atoms with van der Waals surface area (Å²) in [4.78, 5) is 11.9. The van der Waals surface area contributed by atoms with Crippen molar-refractivity contribution in [3.05, 3.63) is 59.7 Å². The molecule has 1 amide bonds. The fourth-order valence-corrected chi connectivity index (χ4v) is 3.13. The minimum absolute atomic E-state index is 0.00813. The Hall–Kier alpha value is -2.39. The van der Waals surface area contributed by atoms with E-state index in [9.17, 15) is 26.4 Å². The number of benzene rings is 2. The van der Waals surface area contributed by atoms with Crippen molar-refractivity contribution in [3.8, 4) is 0 Å². The number of hydrogen-bond acceptors (Lipinski definition) is 3. The number of carbonyl (C=O) groups excluding carboxylic acids is 1. The number of anilines is 1. The number of aryl methyl sites for hydroxylation is 1. The fraction of sp³-hybridized carbons (Fsp3) is 0.235. The van der Waals surface area contributed by atoms with Gasteiger partial charge >= 0.3 is 6.18 Å². The molecule has 0 saturated carbocycles. The third kappa shape index (κ3) is 5.57. The maximum atomic E-state index is 12.6. The molecule has 9 heteroatoms. The van der Waals surface area contributed by atoms with Crippen LogP contribution in [0.4, 0.5) is 18.9 Å². The number of halogens is 3. The first kappa shape index (κ1) is 19.9. The zero-order valence-corrected chi connectivity index (χ0v) is 14.6. The minimum atomic E-state index is -4.51. The van der Waals surface area contributed by atoms with E-state index in [1.54, 1.807) is 12.1 Å². The van der Waals surface area contributed by atoms with Gasteiger partial charge in [-0.05, 0) is 37.3 Å². The van der Waals surface area contributed by atoms with Crippen LogP contribution < -0.4 is 10.0 Å². The van der Waals surface area contributed by atoms with Gasteiger partial charge in [0, 0.05) is 18.7 Å². The Morgan fingerprint density at radius 2 is 1.73 bits per heavy atom. The van der Waals surface area contributed by atoms with Crippen LogP contribution in [0.2, 0.25) is 0 Å². The number of carbonyl (C=O) groups is 1. The van der Waals surface area contributed by atoms with Crippen molar-refractivity contribution in [3.63, 3.8) is 0 Å². The molecule has 0 aromatic heterocycles. The van der Waals surface area contributed by atoms with Crippen LogP contribution in [-0.2, 0) is 21.0 Å². The van der Waals surface area contributed by atoms with Crippen molar-refractivity contribution in [2.24, 2.45) is 0 Å². The Labute approximate surface area is 149 Å². The van der Waals surface area contributed by atoms with Crippen LogP contribution in [0.3, 0.4) is 0 Å². The van der Waals surface area contributed by atoms with Crippen LogP contribution in [0, 0.1) is 6.92 Å². The molecule has 0 aliphatic carbocycles. The molecule has 26 heavy (non-hydrogen) atoms. The van der Waals surface area contributed by atoms with Gasteiger partial charge < -0.3 is 5.32 Å². The first-order chi connectivity index (χ1) is 12.1.